The molecule has 0 bridgehead atoms. The lowest BCUT2D eigenvalue weighted by atomic mass is 10.0. The number of rotatable bonds is 6. The van der Waals surface area contributed by atoms with E-state index >= 15 is 0 Å². The van der Waals surface area contributed by atoms with Crippen LogP contribution in [0.25, 0.3) is 0 Å². The molecule has 1 aromatic carbocycles. The van der Waals surface area contributed by atoms with Crippen molar-refractivity contribution in [3.05, 3.63) is 34.6 Å². The van der Waals surface area contributed by atoms with Crippen LogP contribution in [0.5, 0.6) is 0 Å². The van der Waals surface area contributed by atoms with E-state index in [0.29, 0.717) is 0 Å². The fraction of sp³-hybridized carbons (Fsp3) is 0.600. The lowest BCUT2D eigenvalue weighted by Crippen LogP contribution is -2.17. The van der Waals surface area contributed by atoms with Gasteiger partial charge in [-0.2, -0.15) is 0 Å². The summed E-state index contributed by atoms with van der Waals surface area (Å²) in [5.41, 5.74) is 2.82. The molecule has 0 unspecified atom stereocenters. The van der Waals surface area contributed by atoms with E-state index in [1.807, 2.05) is 26.0 Å². The third-order valence-electron chi connectivity index (χ3n) is 3.40. The second-order valence-electron chi connectivity index (χ2n) is 5.23. The Morgan fingerprint density at radius 2 is 1.82 bits per heavy atom. The zero-order valence-corrected chi connectivity index (χ0v) is 10.9. The van der Waals surface area contributed by atoms with Gasteiger partial charge in [-0.3, -0.25) is 0 Å². The molecule has 1 N–H and O–H groups in total. The Kier molecular flexibility index (Phi) is 4.16. The maximum atomic E-state index is 13.4. The van der Waals surface area contributed by atoms with Crippen LogP contribution in [0.15, 0.2) is 12.1 Å². The smallest absolute Gasteiger partial charge is 0.129 e. The van der Waals surface area contributed by atoms with Gasteiger partial charge in [-0.1, -0.05) is 12.1 Å². The second kappa shape index (κ2) is 5.63. The van der Waals surface area contributed by atoms with Gasteiger partial charge in [0.2, 0.25) is 0 Å². The molecule has 17 heavy (non-hydrogen) atoms. The van der Waals surface area contributed by atoms with Crippen molar-refractivity contribution in [1.29, 1.82) is 0 Å². The molecule has 1 nitrogen and oxygen atoms in total. The van der Waals surface area contributed by atoms with Crippen molar-refractivity contribution < 1.29 is 4.39 Å². The molecule has 0 aromatic heterocycles. The summed E-state index contributed by atoms with van der Waals surface area (Å²) in [7, 11) is 0. The van der Waals surface area contributed by atoms with Crippen molar-refractivity contribution in [2.24, 2.45) is 0 Å². The van der Waals surface area contributed by atoms with Gasteiger partial charge in [0, 0.05) is 6.04 Å². The van der Waals surface area contributed by atoms with E-state index in [4.69, 9.17) is 0 Å². The summed E-state index contributed by atoms with van der Waals surface area (Å²) in [4.78, 5) is 0. The van der Waals surface area contributed by atoms with Crippen molar-refractivity contribution in [3.8, 4) is 0 Å². The minimum absolute atomic E-state index is 0.0517. The molecule has 0 spiro atoms. The molecule has 2 heteroatoms. The van der Waals surface area contributed by atoms with Gasteiger partial charge in [-0.25, -0.2) is 4.39 Å². The predicted octanol–water partition coefficient (Wildman–Crippen LogP) is 3.52. The van der Waals surface area contributed by atoms with Crippen molar-refractivity contribution in [3.63, 3.8) is 0 Å². The average molecular weight is 235 g/mol. The Morgan fingerprint density at radius 1 is 1.18 bits per heavy atom. The molecular formula is C15H22FN. The van der Waals surface area contributed by atoms with E-state index in [1.54, 1.807) is 0 Å². The average Bonchev–Trinajstić information content (AvgIpc) is 3.09. The highest BCUT2D eigenvalue weighted by Crippen LogP contribution is 2.19. The summed E-state index contributed by atoms with van der Waals surface area (Å²) in [6.07, 6.45) is 6.18. The van der Waals surface area contributed by atoms with E-state index in [2.05, 4.69) is 5.32 Å². The lowest BCUT2D eigenvalue weighted by molar-refractivity contribution is 0.604. The molecule has 0 radical (unpaired) electrons. The number of nitrogens with one attached hydrogen (secondary N) is 1. The lowest BCUT2D eigenvalue weighted by Gasteiger charge is -2.07. The quantitative estimate of drug-likeness (QED) is 0.744. The summed E-state index contributed by atoms with van der Waals surface area (Å²) in [5, 5.41) is 3.51. The number of unbranched alkanes of at least 4 members (excludes halogenated alkanes) is 1. The van der Waals surface area contributed by atoms with E-state index in [0.717, 1.165) is 30.1 Å². The van der Waals surface area contributed by atoms with Crippen LogP contribution in [0.1, 0.15) is 42.4 Å². The molecule has 0 aliphatic heterocycles. The molecule has 1 saturated carbocycles. The first-order valence-corrected chi connectivity index (χ1v) is 6.66. The molecule has 0 saturated heterocycles. The molecule has 0 atom stereocenters. The fourth-order valence-corrected chi connectivity index (χ4v) is 2.23. The van der Waals surface area contributed by atoms with Gasteiger partial charge in [-0.05, 0) is 69.2 Å². The van der Waals surface area contributed by atoms with Crippen LogP contribution in [0.2, 0.25) is 0 Å². The fourth-order valence-electron chi connectivity index (χ4n) is 2.23. The molecule has 1 aliphatic carbocycles. The summed E-state index contributed by atoms with van der Waals surface area (Å²) in [6.45, 7) is 4.82. The number of benzene rings is 1. The molecule has 0 heterocycles. The summed E-state index contributed by atoms with van der Waals surface area (Å²) in [6, 6.07) is 4.78. The van der Waals surface area contributed by atoms with Gasteiger partial charge in [0.05, 0.1) is 0 Å². The van der Waals surface area contributed by atoms with E-state index in [1.165, 1.54) is 31.2 Å². The normalized spacial score (nSPS) is 15.2. The molecule has 0 amide bonds. The van der Waals surface area contributed by atoms with Crippen LogP contribution >= 0.6 is 0 Å². The summed E-state index contributed by atoms with van der Waals surface area (Å²) in [5.74, 6) is -0.0517. The number of halogens is 1. The Labute approximate surface area is 103 Å². The predicted molar refractivity (Wildman–Crippen MR) is 69.8 cm³/mol. The monoisotopic (exact) mass is 235 g/mol. The SMILES string of the molecule is Cc1cc(CCCCNC2CC2)cc(C)c1F. The molecule has 94 valence electrons. The summed E-state index contributed by atoms with van der Waals surface area (Å²) < 4.78 is 13.4. The van der Waals surface area contributed by atoms with Crippen molar-refractivity contribution >= 4 is 0 Å². The van der Waals surface area contributed by atoms with Crippen LogP contribution in [-0.2, 0) is 6.42 Å². The van der Waals surface area contributed by atoms with Gasteiger partial charge in [0.15, 0.2) is 0 Å². The first-order valence-electron chi connectivity index (χ1n) is 6.66. The summed E-state index contributed by atoms with van der Waals surface area (Å²) >= 11 is 0. The second-order valence-corrected chi connectivity index (χ2v) is 5.23. The molecule has 1 fully saturated rings. The highest BCUT2D eigenvalue weighted by molar-refractivity contribution is 5.30. The Morgan fingerprint density at radius 3 is 2.41 bits per heavy atom. The van der Waals surface area contributed by atoms with E-state index in [9.17, 15) is 4.39 Å². The number of hydrogen-bond donors (Lipinski definition) is 1. The van der Waals surface area contributed by atoms with E-state index in [-0.39, 0.29) is 5.82 Å². The third kappa shape index (κ3) is 3.81. The number of hydrogen-bond acceptors (Lipinski definition) is 1. The topological polar surface area (TPSA) is 12.0 Å². The van der Waals surface area contributed by atoms with Crippen molar-refractivity contribution in [2.45, 2.75) is 52.0 Å². The molecular weight excluding hydrogens is 213 g/mol. The van der Waals surface area contributed by atoms with Crippen LogP contribution in [0.4, 0.5) is 4.39 Å². The largest absolute Gasteiger partial charge is 0.314 e. The maximum absolute atomic E-state index is 13.4. The standard InChI is InChI=1S/C15H22FN/c1-11-9-13(10-12(2)15(11)16)5-3-4-8-17-14-6-7-14/h9-10,14,17H,3-8H2,1-2H3. The van der Waals surface area contributed by atoms with Crippen LogP contribution < -0.4 is 5.32 Å². The van der Waals surface area contributed by atoms with Crippen molar-refractivity contribution in [2.75, 3.05) is 6.54 Å². The van der Waals surface area contributed by atoms with Gasteiger partial charge in [-0.15, -0.1) is 0 Å². The zero-order chi connectivity index (χ0) is 12.3. The van der Waals surface area contributed by atoms with Gasteiger partial charge in [0.1, 0.15) is 5.82 Å². The highest BCUT2D eigenvalue weighted by atomic mass is 19.1. The molecule has 1 aliphatic rings. The Hall–Kier alpha value is -0.890. The van der Waals surface area contributed by atoms with Crippen LogP contribution in [0, 0.1) is 19.7 Å². The van der Waals surface area contributed by atoms with Crippen LogP contribution in [-0.4, -0.2) is 12.6 Å². The van der Waals surface area contributed by atoms with E-state index < -0.39 is 0 Å². The molecule has 2 rings (SSSR count). The zero-order valence-electron chi connectivity index (χ0n) is 10.9. The van der Waals surface area contributed by atoms with Gasteiger partial charge in [0.25, 0.3) is 0 Å². The third-order valence-corrected chi connectivity index (χ3v) is 3.40. The van der Waals surface area contributed by atoms with Crippen LogP contribution in [0.3, 0.4) is 0 Å². The number of aryl methyl sites for hydroxylation is 3. The minimum Gasteiger partial charge on any atom is -0.314 e. The first-order chi connectivity index (χ1) is 8.16. The Balaban J connectivity index is 1.73. The minimum atomic E-state index is -0.0517. The van der Waals surface area contributed by atoms with Gasteiger partial charge >= 0.3 is 0 Å². The van der Waals surface area contributed by atoms with Gasteiger partial charge < -0.3 is 5.32 Å². The maximum Gasteiger partial charge on any atom is 0.129 e. The first kappa shape index (κ1) is 12.6. The van der Waals surface area contributed by atoms with Crippen molar-refractivity contribution in [1.82, 2.24) is 5.32 Å². The highest BCUT2D eigenvalue weighted by Gasteiger charge is 2.19. The Bertz CT molecular complexity index is 360. The molecule has 1 aromatic rings.